The largest absolute Gasteiger partial charge is 0.309 e. The van der Waals surface area contributed by atoms with Crippen LogP contribution in [0.1, 0.15) is 5.56 Å². The summed E-state index contributed by atoms with van der Waals surface area (Å²) in [5.41, 5.74) is 0.356. The number of carbonyl (C=O) groups excluding carboxylic acids is 1. The SMILES string of the molecule is O=C(Cc1ccccc1F)Nc1ccn(-c2nccs2)n1. The van der Waals surface area contributed by atoms with E-state index in [0.717, 1.165) is 0 Å². The van der Waals surface area contributed by atoms with Gasteiger partial charge in [-0.3, -0.25) is 4.79 Å². The van der Waals surface area contributed by atoms with Crippen LogP contribution in [-0.2, 0) is 11.2 Å². The summed E-state index contributed by atoms with van der Waals surface area (Å²) in [6.07, 6.45) is 3.35. The van der Waals surface area contributed by atoms with Crippen molar-refractivity contribution in [3.8, 4) is 5.13 Å². The van der Waals surface area contributed by atoms with Crippen LogP contribution in [0.3, 0.4) is 0 Å². The minimum atomic E-state index is -0.388. The average Bonchev–Trinajstić information content (AvgIpc) is 3.12. The summed E-state index contributed by atoms with van der Waals surface area (Å²) in [5, 5.41) is 9.39. The maximum absolute atomic E-state index is 13.5. The summed E-state index contributed by atoms with van der Waals surface area (Å²) in [5.74, 6) is -0.294. The van der Waals surface area contributed by atoms with Gasteiger partial charge in [-0.2, -0.15) is 0 Å². The number of nitrogens with zero attached hydrogens (tertiary/aromatic N) is 3. The van der Waals surface area contributed by atoms with E-state index in [2.05, 4.69) is 15.4 Å². The summed E-state index contributed by atoms with van der Waals surface area (Å²) in [6.45, 7) is 0. The van der Waals surface area contributed by atoms with Gasteiger partial charge in [0.05, 0.1) is 6.42 Å². The first-order valence-corrected chi connectivity index (χ1v) is 7.09. The van der Waals surface area contributed by atoms with Gasteiger partial charge in [0.1, 0.15) is 5.82 Å². The molecule has 1 amide bonds. The molecule has 2 aromatic heterocycles. The molecule has 106 valence electrons. The number of aromatic nitrogens is 3. The Labute approximate surface area is 124 Å². The zero-order valence-corrected chi connectivity index (χ0v) is 11.7. The highest BCUT2D eigenvalue weighted by Gasteiger charge is 2.10. The maximum Gasteiger partial charge on any atom is 0.230 e. The van der Waals surface area contributed by atoms with E-state index in [-0.39, 0.29) is 18.1 Å². The van der Waals surface area contributed by atoms with Crippen LogP contribution in [0.15, 0.2) is 48.1 Å². The Morgan fingerprint density at radius 3 is 2.95 bits per heavy atom. The van der Waals surface area contributed by atoms with Crippen LogP contribution in [-0.4, -0.2) is 20.7 Å². The number of anilines is 1. The molecule has 0 radical (unpaired) electrons. The number of rotatable bonds is 4. The molecule has 0 fully saturated rings. The molecule has 0 bridgehead atoms. The molecule has 0 spiro atoms. The van der Waals surface area contributed by atoms with Crippen molar-refractivity contribution in [1.29, 1.82) is 0 Å². The predicted molar refractivity (Wildman–Crippen MR) is 78.0 cm³/mol. The highest BCUT2D eigenvalue weighted by Crippen LogP contribution is 2.13. The second kappa shape index (κ2) is 5.84. The monoisotopic (exact) mass is 302 g/mol. The second-order valence-electron chi connectivity index (χ2n) is 4.28. The molecule has 1 aromatic carbocycles. The first-order chi connectivity index (χ1) is 10.2. The number of benzene rings is 1. The summed E-state index contributed by atoms with van der Waals surface area (Å²) in [7, 11) is 0. The minimum absolute atomic E-state index is 0.0310. The van der Waals surface area contributed by atoms with E-state index in [1.54, 1.807) is 41.3 Å². The highest BCUT2D eigenvalue weighted by atomic mass is 32.1. The van der Waals surface area contributed by atoms with Gasteiger partial charge in [-0.15, -0.1) is 16.4 Å². The Hall–Kier alpha value is -2.54. The molecule has 2 heterocycles. The Morgan fingerprint density at radius 2 is 2.19 bits per heavy atom. The standard InChI is InChI=1S/C14H11FN4OS/c15-11-4-2-1-3-10(11)9-13(20)17-12-5-7-19(18-12)14-16-6-8-21-14/h1-8H,9H2,(H,17,18,20). The summed E-state index contributed by atoms with van der Waals surface area (Å²) >= 11 is 1.44. The van der Waals surface area contributed by atoms with Crippen molar-refractivity contribution >= 4 is 23.1 Å². The molecule has 0 saturated carbocycles. The highest BCUT2D eigenvalue weighted by molar-refractivity contribution is 7.12. The lowest BCUT2D eigenvalue weighted by atomic mass is 10.1. The molecular formula is C14H11FN4OS. The van der Waals surface area contributed by atoms with Crippen LogP contribution in [0.4, 0.5) is 10.2 Å². The fourth-order valence-corrected chi connectivity index (χ4v) is 2.40. The van der Waals surface area contributed by atoms with Gasteiger partial charge in [-0.1, -0.05) is 18.2 Å². The Balaban J connectivity index is 1.67. The van der Waals surface area contributed by atoms with Crippen LogP contribution in [0.2, 0.25) is 0 Å². The van der Waals surface area contributed by atoms with E-state index in [1.165, 1.54) is 17.4 Å². The van der Waals surface area contributed by atoms with Gasteiger partial charge in [0, 0.05) is 23.8 Å². The van der Waals surface area contributed by atoms with Gasteiger partial charge in [-0.05, 0) is 11.6 Å². The number of nitrogens with one attached hydrogen (secondary N) is 1. The van der Waals surface area contributed by atoms with E-state index in [1.807, 2.05) is 5.38 Å². The predicted octanol–water partition coefficient (Wildman–Crippen LogP) is 2.65. The van der Waals surface area contributed by atoms with Crippen molar-refractivity contribution < 1.29 is 9.18 Å². The van der Waals surface area contributed by atoms with Crippen molar-refractivity contribution in [2.45, 2.75) is 6.42 Å². The van der Waals surface area contributed by atoms with Gasteiger partial charge in [0.15, 0.2) is 5.82 Å². The van der Waals surface area contributed by atoms with E-state index < -0.39 is 0 Å². The van der Waals surface area contributed by atoms with Crippen molar-refractivity contribution in [2.24, 2.45) is 0 Å². The number of hydrogen-bond donors (Lipinski definition) is 1. The number of amides is 1. The minimum Gasteiger partial charge on any atom is -0.309 e. The van der Waals surface area contributed by atoms with Crippen molar-refractivity contribution in [3.63, 3.8) is 0 Å². The van der Waals surface area contributed by atoms with Crippen LogP contribution < -0.4 is 5.32 Å². The molecule has 0 unspecified atom stereocenters. The van der Waals surface area contributed by atoms with E-state index in [4.69, 9.17) is 0 Å². The average molecular weight is 302 g/mol. The molecule has 5 nitrogen and oxygen atoms in total. The van der Waals surface area contributed by atoms with Gasteiger partial charge >= 0.3 is 0 Å². The van der Waals surface area contributed by atoms with Gasteiger partial charge in [0.2, 0.25) is 11.0 Å². The first-order valence-electron chi connectivity index (χ1n) is 6.21. The fourth-order valence-electron chi connectivity index (χ4n) is 1.83. The number of thiazole rings is 1. The third-order valence-corrected chi connectivity index (χ3v) is 3.54. The van der Waals surface area contributed by atoms with Gasteiger partial charge in [0.25, 0.3) is 0 Å². The van der Waals surface area contributed by atoms with Crippen LogP contribution >= 0.6 is 11.3 Å². The summed E-state index contributed by atoms with van der Waals surface area (Å²) in [6, 6.07) is 7.87. The second-order valence-corrected chi connectivity index (χ2v) is 5.15. The Bertz CT molecular complexity index is 754. The van der Waals surface area contributed by atoms with Crippen LogP contribution in [0.25, 0.3) is 5.13 Å². The summed E-state index contributed by atoms with van der Waals surface area (Å²) < 4.78 is 15.0. The molecule has 0 aliphatic rings. The lowest BCUT2D eigenvalue weighted by Gasteiger charge is -2.03. The van der Waals surface area contributed by atoms with Crippen LogP contribution in [0.5, 0.6) is 0 Å². The summed E-state index contributed by atoms with van der Waals surface area (Å²) in [4.78, 5) is 16.0. The Kier molecular flexibility index (Phi) is 3.74. The van der Waals surface area contributed by atoms with E-state index in [9.17, 15) is 9.18 Å². The molecule has 1 N–H and O–H groups in total. The number of hydrogen-bond acceptors (Lipinski definition) is 4. The van der Waals surface area contributed by atoms with Gasteiger partial charge < -0.3 is 5.32 Å². The molecule has 21 heavy (non-hydrogen) atoms. The zero-order chi connectivity index (χ0) is 14.7. The molecule has 0 atom stereocenters. The third kappa shape index (κ3) is 3.14. The molecule has 0 aliphatic carbocycles. The Morgan fingerprint density at radius 1 is 1.33 bits per heavy atom. The molecule has 3 aromatic rings. The molecule has 3 rings (SSSR count). The smallest absolute Gasteiger partial charge is 0.230 e. The maximum atomic E-state index is 13.5. The topological polar surface area (TPSA) is 59.8 Å². The van der Waals surface area contributed by atoms with E-state index in [0.29, 0.717) is 16.5 Å². The van der Waals surface area contributed by atoms with Crippen molar-refractivity contribution in [1.82, 2.24) is 14.8 Å². The molecule has 0 aliphatic heterocycles. The zero-order valence-electron chi connectivity index (χ0n) is 10.9. The fraction of sp³-hybridized carbons (Fsp3) is 0.0714. The lowest BCUT2D eigenvalue weighted by Crippen LogP contribution is -2.15. The normalized spacial score (nSPS) is 10.5. The molecule has 0 saturated heterocycles. The first kappa shape index (κ1) is 13.4. The number of carbonyl (C=O) groups is 1. The van der Waals surface area contributed by atoms with E-state index >= 15 is 0 Å². The van der Waals surface area contributed by atoms with Crippen molar-refractivity contribution in [3.05, 3.63) is 59.5 Å². The molecular weight excluding hydrogens is 291 g/mol. The van der Waals surface area contributed by atoms with Crippen molar-refractivity contribution in [2.75, 3.05) is 5.32 Å². The third-order valence-electron chi connectivity index (χ3n) is 2.78. The quantitative estimate of drug-likeness (QED) is 0.806. The lowest BCUT2D eigenvalue weighted by molar-refractivity contribution is -0.115. The van der Waals surface area contributed by atoms with Gasteiger partial charge in [-0.25, -0.2) is 14.1 Å². The van der Waals surface area contributed by atoms with Crippen LogP contribution in [0, 0.1) is 5.82 Å². The molecule has 7 heteroatoms. The number of halogens is 1.